The van der Waals surface area contributed by atoms with Gasteiger partial charge in [-0.25, -0.2) is 9.67 Å². The second-order valence-corrected chi connectivity index (χ2v) is 6.00. The van der Waals surface area contributed by atoms with Crippen LogP contribution in [0, 0.1) is 13.8 Å². The molecule has 1 aliphatic heterocycles. The highest BCUT2D eigenvalue weighted by molar-refractivity contribution is 5.90. The van der Waals surface area contributed by atoms with Crippen molar-refractivity contribution in [2.24, 2.45) is 7.05 Å². The first kappa shape index (κ1) is 15.7. The minimum atomic E-state index is -0.254. The van der Waals surface area contributed by atoms with Gasteiger partial charge in [-0.2, -0.15) is 5.10 Å². The van der Waals surface area contributed by atoms with Gasteiger partial charge in [0.2, 0.25) is 5.82 Å². The van der Waals surface area contributed by atoms with Crippen molar-refractivity contribution in [1.29, 1.82) is 0 Å². The summed E-state index contributed by atoms with van der Waals surface area (Å²) in [6, 6.07) is 0.278. The van der Waals surface area contributed by atoms with Crippen LogP contribution in [0.5, 0.6) is 0 Å². The third-order valence-electron chi connectivity index (χ3n) is 4.44. The molecule has 0 aromatic carbocycles. The van der Waals surface area contributed by atoms with Crippen LogP contribution in [-0.4, -0.2) is 43.5 Å². The average Bonchev–Trinajstić information content (AvgIpc) is 3.13. The standard InChI is InChI=1S/C15H23N7O/c1-10-13(11(2)21(3)19-10)8-17-15(23)14-18-9-22(20-14)12-5-4-6-16-7-12/h9,12,16H,4-8H2,1-3H3,(H,17,23). The number of piperidine rings is 1. The number of carbonyl (C=O) groups is 1. The molecule has 0 saturated carbocycles. The molecule has 2 N–H and O–H groups in total. The number of nitrogens with one attached hydrogen (secondary N) is 2. The van der Waals surface area contributed by atoms with Gasteiger partial charge in [-0.3, -0.25) is 9.48 Å². The molecule has 0 radical (unpaired) electrons. The van der Waals surface area contributed by atoms with Gasteiger partial charge in [0.15, 0.2) is 0 Å². The molecule has 8 heteroatoms. The molecule has 124 valence electrons. The lowest BCUT2D eigenvalue weighted by Gasteiger charge is -2.22. The zero-order valence-corrected chi connectivity index (χ0v) is 13.8. The minimum absolute atomic E-state index is 0.217. The lowest BCUT2D eigenvalue weighted by Crippen LogP contribution is -2.32. The molecule has 23 heavy (non-hydrogen) atoms. The van der Waals surface area contributed by atoms with Crippen molar-refractivity contribution in [3.05, 3.63) is 29.1 Å². The van der Waals surface area contributed by atoms with Crippen LogP contribution in [0.15, 0.2) is 6.33 Å². The Bertz CT molecular complexity index is 697. The van der Waals surface area contributed by atoms with E-state index < -0.39 is 0 Å². The molecule has 1 aliphatic rings. The molecule has 2 aromatic heterocycles. The molecule has 0 bridgehead atoms. The SMILES string of the molecule is Cc1nn(C)c(C)c1CNC(=O)c1ncn(C2CCCNC2)n1. The van der Waals surface area contributed by atoms with Crippen LogP contribution in [0.25, 0.3) is 0 Å². The number of nitrogens with zero attached hydrogens (tertiary/aromatic N) is 5. The summed E-state index contributed by atoms with van der Waals surface area (Å²) in [6.45, 7) is 6.28. The van der Waals surface area contributed by atoms with E-state index in [1.165, 1.54) is 0 Å². The van der Waals surface area contributed by atoms with Crippen molar-refractivity contribution < 1.29 is 4.79 Å². The summed E-state index contributed by atoms with van der Waals surface area (Å²) in [7, 11) is 1.90. The van der Waals surface area contributed by atoms with E-state index in [0.717, 1.165) is 42.9 Å². The smallest absolute Gasteiger partial charge is 0.291 e. The van der Waals surface area contributed by atoms with Gasteiger partial charge in [0.05, 0.1) is 11.7 Å². The number of aryl methyl sites for hydroxylation is 2. The van der Waals surface area contributed by atoms with E-state index in [1.54, 1.807) is 11.0 Å². The van der Waals surface area contributed by atoms with Crippen LogP contribution in [0.1, 0.15) is 46.5 Å². The predicted octanol–water partition coefficient (Wildman–Crippen LogP) is 0.483. The Morgan fingerprint density at radius 2 is 2.26 bits per heavy atom. The first-order chi connectivity index (χ1) is 11.1. The van der Waals surface area contributed by atoms with E-state index in [2.05, 4.69) is 25.8 Å². The van der Waals surface area contributed by atoms with Crippen LogP contribution in [-0.2, 0) is 13.6 Å². The molecule has 2 aromatic rings. The summed E-state index contributed by atoms with van der Waals surface area (Å²) < 4.78 is 3.61. The first-order valence-corrected chi connectivity index (χ1v) is 7.95. The van der Waals surface area contributed by atoms with Crippen molar-refractivity contribution in [3.63, 3.8) is 0 Å². The largest absolute Gasteiger partial charge is 0.345 e. The summed E-state index contributed by atoms with van der Waals surface area (Å²) in [6.07, 6.45) is 3.82. The number of hydrogen-bond acceptors (Lipinski definition) is 5. The van der Waals surface area contributed by atoms with Crippen molar-refractivity contribution >= 4 is 5.91 Å². The van der Waals surface area contributed by atoms with E-state index in [-0.39, 0.29) is 17.8 Å². The molecule has 1 fully saturated rings. The third kappa shape index (κ3) is 3.26. The molecule has 0 aliphatic carbocycles. The molecule has 0 spiro atoms. The molecule has 1 saturated heterocycles. The molecular formula is C15H23N7O. The average molecular weight is 317 g/mol. The molecule has 3 heterocycles. The van der Waals surface area contributed by atoms with Gasteiger partial charge in [0.1, 0.15) is 6.33 Å². The fourth-order valence-corrected chi connectivity index (χ4v) is 2.94. The van der Waals surface area contributed by atoms with Gasteiger partial charge in [-0.1, -0.05) is 0 Å². The summed E-state index contributed by atoms with van der Waals surface area (Å²) in [5.41, 5.74) is 3.02. The summed E-state index contributed by atoms with van der Waals surface area (Å²) >= 11 is 0. The van der Waals surface area contributed by atoms with E-state index in [1.807, 2.05) is 25.6 Å². The summed E-state index contributed by atoms with van der Waals surface area (Å²) in [5.74, 6) is -0.0371. The van der Waals surface area contributed by atoms with Gasteiger partial charge in [0.25, 0.3) is 5.91 Å². The molecule has 1 atom stereocenters. The maximum Gasteiger partial charge on any atom is 0.291 e. The van der Waals surface area contributed by atoms with Gasteiger partial charge in [0, 0.05) is 31.4 Å². The molecule has 8 nitrogen and oxygen atoms in total. The van der Waals surface area contributed by atoms with Gasteiger partial charge >= 0.3 is 0 Å². The van der Waals surface area contributed by atoms with Crippen LogP contribution >= 0.6 is 0 Å². The van der Waals surface area contributed by atoms with Gasteiger partial charge < -0.3 is 10.6 Å². The minimum Gasteiger partial charge on any atom is -0.345 e. The number of amides is 1. The number of carbonyl (C=O) groups excluding carboxylic acids is 1. The number of hydrogen-bond donors (Lipinski definition) is 2. The molecule has 1 amide bonds. The number of aromatic nitrogens is 5. The Morgan fingerprint density at radius 1 is 1.43 bits per heavy atom. The molecular weight excluding hydrogens is 294 g/mol. The fourth-order valence-electron chi connectivity index (χ4n) is 2.94. The van der Waals surface area contributed by atoms with Crippen LogP contribution in [0.3, 0.4) is 0 Å². The van der Waals surface area contributed by atoms with E-state index >= 15 is 0 Å². The number of rotatable bonds is 4. The van der Waals surface area contributed by atoms with E-state index in [4.69, 9.17) is 0 Å². The second kappa shape index (κ2) is 6.49. The van der Waals surface area contributed by atoms with Crippen molar-refractivity contribution in [2.75, 3.05) is 13.1 Å². The Morgan fingerprint density at radius 3 is 2.91 bits per heavy atom. The molecule has 3 rings (SSSR count). The Kier molecular flexibility index (Phi) is 4.42. The van der Waals surface area contributed by atoms with Crippen molar-refractivity contribution in [1.82, 2.24) is 35.2 Å². The van der Waals surface area contributed by atoms with Crippen LogP contribution in [0.4, 0.5) is 0 Å². The normalized spacial score (nSPS) is 18.1. The first-order valence-electron chi connectivity index (χ1n) is 7.95. The zero-order chi connectivity index (χ0) is 16.4. The fraction of sp³-hybridized carbons (Fsp3) is 0.600. The van der Waals surface area contributed by atoms with Gasteiger partial charge in [-0.15, -0.1) is 5.10 Å². The van der Waals surface area contributed by atoms with Crippen molar-refractivity contribution in [3.8, 4) is 0 Å². The Labute approximate surface area is 135 Å². The van der Waals surface area contributed by atoms with E-state index in [9.17, 15) is 4.79 Å². The van der Waals surface area contributed by atoms with E-state index in [0.29, 0.717) is 6.54 Å². The highest BCUT2D eigenvalue weighted by Crippen LogP contribution is 2.15. The highest BCUT2D eigenvalue weighted by atomic mass is 16.2. The van der Waals surface area contributed by atoms with Crippen molar-refractivity contribution in [2.45, 2.75) is 39.3 Å². The van der Waals surface area contributed by atoms with Gasteiger partial charge in [-0.05, 0) is 33.2 Å². The second-order valence-electron chi connectivity index (χ2n) is 6.00. The summed E-state index contributed by atoms with van der Waals surface area (Å²) in [4.78, 5) is 16.4. The predicted molar refractivity (Wildman–Crippen MR) is 85.0 cm³/mol. The maximum atomic E-state index is 12.3. The highest BCUT2D eigenvalue weighted by Gasteiger charge is 2.19. The lowest BCUT2D eigenvalue weighted by molar-refractivity contribution is 0.0939. The van der Waals surface area contributed by atoms with Crippen LogP contribution < -0.4 is 10.6 Å². The zero-order valence-electron chi connectivity index (χ0n) is 13.8. The topological polar surface area (TPSA) is 89.7 Å². The Balaban J connectivity index is 1.63. The maximum absolute atomic E-state index is 12.3. The molecule has 1 unspecified atom stereocenters. The Hall–Kier alpha value is -2.22. The lowest BCUT2D eigenvalue weighted by atomic mass is 10.1. The third-order valence-corrected chi connectivity index (χ3v) is 4.44. The van der Waals surface area contributed by atoms with Crippen LogP contribution in [0.2, 0.25) is 0 Å². The summed E-state index contributed by atoms with van der Waals surface area (Å²) in [5, 5.41) is 14.9. The quantitative estimate of drug-likeness (QED) is 0.856. The monoisotopic (exact) mass is 317 g/mol.